The summed E-state index contributed by atoms with van der Waals surface area (Å²) in [7, 11) is 0. The van der Waals surface area contributed by atoms with Crippen molar-refractivity contribution in [1.82, 2.24) is 4.98 Å². The Morgan fingerprint density at radius 3 is 2.35 bits per heavy atom. The number of anilines is 2. The molecule has 1 spiro atoms. The van der Waals surface area contributed by atoms with Gasteiger partial charge in [0.1, 0.15) is 0 Å². The maximum absolute atomic E-state index is 12.4. The molecule has 1 saturated carbocycles. The first-order valence-corrected chi connectivity index (χ1v) is 7.57. The van der Waals surface area contributed by atoms with E-state index >= 15 is 0 Å². The van der Waals surface area contributed by atoms with E-state index in [-0.39, 0.29) is 17.2 Å². The molecule has 2 N–H and O–H groups in total. The monoisotopic (exact) mass is 337 g/mol. The number of halogens is 1. The molecule has 0 unspecified atom stereocenters. The van der Waals surface area contributed by atoms with Crippen LogP contribution in [0, 0.1) is 5.41 Å². The third-order valence-corrected chi connectivity index (χ3v) is 4.85. The van der Waals surface area contributed by atoms with Crippen LogP contribution in [0.15, 0.2) is 16.7 Å². The molecule has 1 aliphatic heterocycles. The average molecular weight is 338 g/mol. The quantitative estimate of drug-likeness (QED) is 0.799. The maximum Gasteiger partial charge on any atom is 0.235 e. The molecule has 1 saturated heterocycles. The lowest BCUT2D eigenvalue weighted by Crippen LogP contribution is -2.47. The largest absolute Gasteiger partial charge is 0.397 e. The highest BCUT2D eigenvalue weighted by atomic mass is 79.9. The van der Waals surface area contributed by atoms with E-state index in [2.05, 4.69) is 20.9 Å². The van der Waals surface area contributed by atoms with Crippen molar-refractivity contribution in [3.63, 3.8) is 0 Å². The van der Waals surface area contributed by atoms with E-state index in [0.29, 0.717) is 28.8 Å². The van der Waals surface area contributed by atoms with Gasteiger partial charge in [0.2, 0.25) is 11.8 Å². The number of imide groups is 1. The Balaban J connectivity index is 1.91. The van der Waals surface area contributed by atoms with Crippen LogP contribution in [0.4, 0.5) is 11.5 Å². The molecule has 2 fully saturated rings. The van der Waals surface area contributed by atoms with Gasteiger partial charge >= 0.3 is 0 Å². The van der Waals surface area contributed by atoms with Gasteiger partial charge in [0.25, 0.3) is 0 Å². The fraction of sp³-hybridized carbons (Fsp3) is 0.500. The Kier molecular flexibility index (Phi) is 3.28. The highest BCUT2D eigenvalue weighted by molar-refractivity contribution is 9.10. The zero-order valence-corrected chi connectivity index (χ0v) is 12.6. The molecule has 1 aromatic heterocycles. The van der Waals surface area contributed by atoms with Crippen LogP contribution in [-0.4, -0.2) is 16.8 Å². The number of nitrogens with zero attached hydrogens (tertiary/aromatic N) is 2. The highest BCUT2D eigenvalue weighted by Gasteiger charge is 2.46. The van der Waals surface area contributed by atoms with Crippen molar-refractivity contribution in [3.8, 4) is 0 Å². The molecule has 0 atom stereocenters. The van der Waals surface area contributed by atoms with E-state index in [1.807, 2.05) is 0 Å². The zero-order chi connectivity index (χ0) is 14.3. The van der Waals surface area contributed by atoms with Crippen molar-refractivity contribution in [2.45, 2.75) is 38.5 Å². The normalized spacial score (nSPS) is 21.8. The predicted molar refractivity (Wildman–Crippen MR) is 79.0 cm³/mol. The van der Waals surface area contributed by atoms with Gasteiger partial charge in [-0.05, 0) is 40.3 Å². The zero-order valence-electron chi connectivity index (χ0n) is 11.1. The first kappa shape index (κ1) is 13.5. The lowest BCUT2D eigenvalue weighted by Gasteiger charge is -2.36. The minimum atomic E-state index is -0.152. The van der Waals surface area contributed by atoms with Crippen LogP contribution in [0.1, 0.15) is 38.5 Å². The second-order valence-corrected chi connectivity index (χ2v) is 6.61. The minimum absolute atomic E-state index is 0.0923. The molecule has 6 heteroatoms. The summed E-state index contributed by atoms with van der Waals surface area (Å²) in [4.78, 5) is 30.2. The van der Waals surface area contributed by atoms with Gasteiger partial charge in [0, 0.05) is 12.8 Å². The summed E-state index contributed by atoms with van der Waals surface area (Å²) in [5.74, 6) is 0.0456. The number of piperidine rings is 1. The third kappa shape index (κ3) is 2.22. The smallest absolute Gasteiger partial charge is 0.235 e. The molecule has 1 aliphatic carbocycles. The van der Waals surface area contributed by atoms with E-state index < -0.39 is 0 Å². The van der Waals surface area contributed by atoms with Crippen LogP contribution in [0.25, 0.3) is 0 Å². The number of aromatic nitrogens is 1. The van der Waals surface area contributed by atoms with E-state index in [1.54, 1.807) is 6.07 Å². The van der Waals surface area contributed by atoms with Crippen molar-refractivity contribution in [2.75, 3.05) is 10.6 Å². The number of pyridine rings is 1. The first-order valence-electron chi connectivity index (χ1n) is 6.78. The van der Waals surface area contributed by atoms with E-state index in [4.69, 9.17) is 5.73 Å². The number of carbonyl (C=O) groups is 2. The molecule has 0 aromatic carbocycles. The molecule has 5 nitrogen and oxygen atoms in total. The van der Waals surface area contributed by atoms with Crippen molar-refractivity contribution in [2.24, 2.45) is 5.41 Å². The number of rotatable bonds is 1. The standard InChI is InChI=1S/C14H16BrN3O2/c15-10-5-9(16)8-17-13(10)18-11(19)6-14(7-12(18)20)3-1-2-4-14/h5,8H,1-4,6-7,16H2. The average Bonchev–Trinajstić information content (AvgIpc) is 2.79. The summed E-state index contributed by atoms with van der Waals surface area (Å²) >= 11 is 3.32. The fourth-order valence-corrected chi connectivity index (χ4v) is 3.87. The van der Waals surface area contributed by atoms with Crippen LogP contribution >= 0.6 is 15.9 Å². The molecular formula is C14H16BrN3O2. The summed E-state index contributed by atoms with van der Waals surface area (Å²) in [5.41, 5.74) is 6.04. The molecule has 20 heavy (non-hydrogen) atoms. The Morgan fingerprint density at radius 1 is 1.20 bits per heavy atom. The lowest BCUT2D eigenvalue weighted by atomic mass is 9.76. The molecule has 2 aliphatic rings. The summed E-state index contributed by atoms with van der Waals surface area (Å²) in [6.07, 6.45) is 6.53. The summed E-state index contributed by atoms with van der Waals surface area (Å²) in [5, 5.41) is 0. The van der Waals surface area contributed by atoms with Gasteiger partial charge in [-0.25, -0.2) is 9.88 Å². The van der Waals surface area contributed by atoms with Gasteiger partial charge in [0.15, 0.2) is 5.82 Å². The Morgan fingerprint density at radius 2 is 1.80 bits per heavy atom. The topological polar surface area (TPSA) is 76.3 Å². The van der Waals surface area contributed by atoms with Crippen LogP contribution in [0.5, 0.6) is 0 Å². The lowest BCUT2D eigenvalue weighted by molar-refractivity contribution is -0.133. The molecule has 0 radical (unpaired) electrons. The van der Waals surface area contributed by atoms with E-state index in [1.165, 1.54) is 11.1 Å². The van der Waals surface area contributed by atoms with Crippen LogP contribution in [0.2, 0.25) is 0 Å². The van der Waals surface area contributed by atoms with Crippen molar-refractivity contribution >= 4 is 39.2 Å². The Labute approximate surface area is 125 Å². The number of carbonyl (C=O) groups excluding carboxylic acids is 2. The summed E-state index contributed by atoms with van der Waals surface area (Å²) in [6, 6.07) is 1.66. The summed E-state index contributed by atoms with van der Waals surface area (Å²) < 4.78 is 0.571. The number of nitrogen functional groups attached to an aromatic ring is 1. The van der Waals surface area contributed by atoms with Gasteiger partial charge in [-0.15, -0.1) is 0 Å². The molecule has 2 heterocycles. The molecular weight excluding hydrogens is 322 g/mol. The van der Waals surface area contributed by atoms with Gasteiger partial charge in [-0.3, -0.25) is 9.59 Å². The van der Waals surface area contributed by atoms with Crippen molar-refractivity contribution in [1.29, 1.82) is 0 Å². The third-order valence-electron chi connectivity index (χ3n) is 4.27. The second-order valence-electron chi connectivity index (χ2n) is 5.76. The number of hydrogen-bond acceptors (Lipinski definition) is 4. The number of nitrogens with two attached hydrogens (primary N) is 1. The van der Waals surface area contributed by atoms with Crippen LogP contribution in [-0.2, 0) is 9.59 Å². The van der Waals surface area contributed by atoms with Crippen LogP contribution < -0.4 is 10.6 Å². The molecule has 3 rings (SSSR count). The minimum Gasteiger partial charge on any atom is -0.397 e. The van der Waals surface area contributed by atoms with Gasteiger partial charge in [0.05, 0.1) is 16.4 Å². The van der Waals surface area contributed by atoms with Crippen molar-refractivity contribution in [3.05, 3.63) is 16.7 Å². The first-order chi connectivity index (χ1) is 9.51. The fourth-order valence-electron chi connectivity index (χ4n) is 3.33. The maximum atomic E-state index is 12.4. The van der Waals surface area contributed by atoms with E-state index in [0.717, 1.165) is 25.7 Å². The number of hydrogen-bond donors (Lipinski definition) is 1. The Bertz CT molecular complexity index is 562. The second kappa shape index (κ2) is 4.84. The highest BCUT2D eigenvalue weighted by Crippen LogP contribution is 2.47. The molecule has 0 bridgehead atoms. The SMILES string of the molecule is Nc1cnc(N2C(=O)CC3(CCCC3)CC2=O)c(Br)c1. The molecule has 106 valence electrons. The molecule has 2 amide bonds. The predicted octanol–water partition coefficient (Wildman–Crippen LogP) is 2.64. The van der Waals surface area contributed by atoms with Crippen LogP contribution in [0.3, 0.4) is 0 Å². The molecule has 1 aromatic rings. The Hall–Kier alpha value is -1.43. The number of amides is 2. The van der Waals surface area contributed by atoms with Gasteiger partial charge < -0.3 is 5.73 Å². The van der Waals surface area contributed by atoms with E-state index in [9.17, 15) is 9.59 Å². The van der Waals surface area contributed by atoms with Crippen molar-refractivity contribution < 1.29 is 9.59 Å². The summed E-state index contributed by atoms with van der Waals surface area (Å²) in [6.45, 7) is 0. The van der Waals surface area contributed by atoms with Gasteiger partial charge in [-0.1, -0.05) is 12.8 Å². The van der Waals surface area contributed by atoms with Gasteiger partial charge in [-0.2, -0.15) is 0 Å².